The number of aliphatic hydroxyl groups is 5. The number of Topliss-reactive ketones (excluding diaryl/α,β-unsaturated/α-hetero) is 1. The van der Waals surface area contributed by atoms with Crippen molar-refractivity contribution < 1.29 is 39.8 Å². The second kappa shape index (κ2) is 11.7. The van der Waals surface area contributed by atoms with Crippen molar-refractivity contribution in [3.8, 4) is 0 Å². The van der Waals surface area contributed by atoms with Crippen LogP contribution in [0, 0.1) is 45.3 Å². The minimum atomic E-state index is -1.52. The van der Waals surface area contributed by atoms with E-state index in [-0.39, 0.29) is 45.5 Å². The number of aliphatic hydroxyl groups excluding tert-OH is 5. The number of fused-ring (bicyclic) bond motifs is 5. The molecular formula is C36H60O8. The molecule has 5 aliphatic rings. The molecule has 6 unspecified atom stereocenters. The van der Waals surface area contributed by atoms with Crippen molar-refractivity contribution in [1.82, 2.24) is 0 Å². The highest BCUT2D eigenvalue weighted by Gasteiger charge is 2.71. The Balaban J connectivity index is 1.49. The maximum atomic E-state index is 14.6. The van der Waals surface area contributed by atoms with Crippen LogP contribution >= 0.6 is 0 Å². The SMILES string of the molecule is CC(C)=CCC[C@](C)(O[C@H]1OC(CO)[C@@H](O)[C@H](O)C1O)C1CC[C@]2(C)C1C(=O)CC1[C@@]3(C)CC[C@H](O)C(C)(C)C3CC[C@]12C. The van der Waals surface area contributed by atoms with Crippen molar-refractivity contribution in [1.29, 1.82) is 0 Å². The Bertz CT molecular complexity index is 1120. The van der Waals surface area contributed by atoms with E-state index in [1.165, 1.54) is 5.57 Å². The molecule has 8 heteroatoms. The van der Waals surface area contributed by atoms with E-state index in [2.05, 4.69) is 54.5 Å². The number of ether oxygens (including phenoxy) is 2. The Morgan fingerprint density at radius 2 is 1.59 bits per heavy atom. The molecule has 5 rings (SSSR count). The van der Waals surface area contributed by atoms with Crippen LogP contribution in [0.5, 0.6) is 0 Å². The lowest BCUT2D eigenvalue weighted by Crippen LogP contribution is -2.66. The van der Waals surface area contributed by atoms with Crippen LogP contribution in [0.3, 0.4) is 0 Å². The van der Waals surface area contributed by atoms with Gasteiger partial charge in [0.1, 0.15) is 30.2 Å². The van der Waals surface area contributed by atoms with Crippen molar-refractivity contribution in [3.63, 3.8) is 0 Å². The third-order valence-electron chi connectivity index (χ3n) is 14.4. The predicted molar refractivity (Wildman–Crippen MR) is 167 cm³/mol. The Morgan fingerprint density at radius 1 is 0.932 bits per heavy atom. The molecule has 0 aromatic rings. The summed E-state index contributed by atoms with van der Waals surface area (Å²) in [4.78, 5) is 14.6. The zero-order valence-electron chi connectivity index (χ0n) is 28.4. The number of hydrogen-bond acceptors (Lipinski definition) is 8. The van der Waals surface area contributed by atoms with Crippen LogP contribution in [-0.4, -0.2) is 80.3 Å². The van der Waals surface area contributed by atoms with Crippen molar-refractivity contribution in [3.05, 3.63) is 11.6 Å². The van der Waals surface area contributed by atoms with E-state index in [4.69, 9.17) is 9.47 Å². The van der Waals surface area contributed by atoms with Crippen LogP contribution in [-0.2, 0) is 14.3 Å². The van der Waals surface area contributed by atoms with E-state index in [9.17, 15) is 30.3 Å². The second-order valence-corrected chi connectivity index (χ2v) is 17.1. The van der Waals surface area contributed by atoms with Gasteiger partial charge in [-0.1, -0.05) is 46.3 Å². The fraction of sp³-hybridized carbons (Fsp3) is 0.917. The maximum absolute atomic E-state index is 14.6. The van der Waals surface area contributed by atoms with E-state index >= 15 is 0 Å². The maximum Gasteiger partial charge on any atom is 0.187 e. The van der Waals surface area contributed by atoms with Crippen LogP contribution < -0.4 is 0 Å². The van der Waals surface area contributed by atoms with Gasteiger partial charge in [0, 0.05) is 12.3 Å². The third kappa shape index (κ3) is 5.09. The second-order valence-electron chi connectivity index (χ2n) is 17.1. The number of carbonyl (C=O) groups excluding carboxylic acids is 1. The Hall–Kier alpha value is -0.870. The third-order valence-corrected chi connectivity index (χ3v) is 14.4. The Kier molecular flexibility index (Phi) is 9.15. The minimum Gasteiger partial charge on any atom is -0.394 e. The molecule has 5 fully saturated rings. The summed E-state index contributed by atoms with van der Waals surface area (Å²) in [5, 5.41) is 52.7. The molecule has 0 bridgehead atoms. The van der Waals surface area contributed by atoms with Gasteiger partial charge in [-0.15, -0.1) is 0 Å². The highest BCUT2D eigenvalue weighted by molar-refractivity contribution is 5.84. The molecule has 0 aromatic heterocycles. The zero-order valence-corrected chi connectivity index (χ0v) is 28.4. The smallest absolute Gasteiger partial charge is 0.187 e. The number of allylic oxidation sites excluding steroid dienone is 2. The van der Waals surface area contributed by atoms with Crippen LogP contribution in [0.25, 0.3) is 0 Å². The minimum absolute atomic E-state index is 0.0168. The van der Waals surface area contributed by atoms with Gasteiger partial charge in [0.05, 0.1) is 18.3 Å². The topological polar surface area (TPSA) is 137 Å². The summed E-state index contributed by atoms with van der Waals surface area (Å²) < 4.78 is 12.6. The first kappa shape index (κ1) is 34.5. The molecular weight excluding hydrogens is 560 g/mol. The lowest BCUT2D eigenvalue weighted by Gasteiger charge is -2.69. The van der Waals surface area contributed by atoms with E-state index in [1.54, 1.807) is 0 Å². The fourth-order valence-electron chi connectivity index (χ4n) is 11.5. The fourth-order valence-corrected chi connectivity index (χ4v) is 11.5. The van der Waals surface area contributed by atoms with Gasteiger partial charge in [-0.2, -0.15) is 0 Å². The van der Waals surface area contributed by atoms with Crippen LogP contribution in [0.4, 0.5) is 0 Å². The first-order valence-electron chi connectivity index (χ1n) is 17.2. The van der Waals surface area contributed by atoms with Crippen molar-refractivity contribution >= 4 is 5.78 Å². The molecule has 14 atom stereocenters. The van der Waals surface area contributed by atoms with E-state index in [1.807, 2.05) is 6.92 Å². The average molecular weight is 621 g/mol. The Morgan fingerprint density at radius 3 is 2.23 bits per heavy atom. The van der Waals surface area contributed by atoms with E-state index in [0.29, 0.717) is 24.5 Å². The summed E-state index contributed by atoms with van der Waals surface area (Å²) in [5.41, 5.74) is -0.159. The molecule has 44 heavy (non-hydrogen) atoms. The van der Waals surface area contributed by atoms with Gasteiger partial charge in [0.25, 0.3) is 0 Å². The molecule has 252 valence electrons. The molecule has 5 N–H and O–H groups in total. The summed E-state index contributed by atoms with van der Waals surface area (Å²) in [6, 6.07) is 0. The standard InChI is InChI=1S/C36H60O8/c1-20(2)10-9-14-36(8,44-31-30(42)29(41)28(40)23(19-37)43-31)21-11-16-35(7)27(21)22(38)18-25-33(5)15-13-26(39)32(3,4)24(33)12-17-34(25,35)6/h10,21,23-31,37,39-42H,9,11-19H2,1-8H3/t21?,23?,24?,25?,26-,27?,28+,29-,30?,31+,33-,34+,35+,36-/m0/s1. The molecule has 0 spiro atoms. The van der Waals surface area contributed by atoms with Gasteiger partial charge in [-0.3, -0.25) is 4.79 Å². The van der Waals surface area contributed by atoms with Gasteiger partial charge in [-0.05, 0) is 112 Å². The quantitative estimate of drug-likeness (QED) is 0.262. The Labute approximate surface area is 264 Å². The van der Waals surface area contributed by atoms with Gasteiger partial charge < -0.3 is 35.0 Å². The summed E-state index contributed by atoms with van der Waals surface area (Å²) >= 11 is 0. The summed E-state index contributed by atoms with van der Waals surface area (Å²) in [5.74, 6) is 0.579. The first-order valence-corrected chi connectivity index (χ1v) is 17.2. The molecule has 0 amide bonds. The largest absolute Gasteiger partial charge is 0.394 e. The average Bonchev–Trinajstić information content (AvgIpc) is 3.33. The number of hydrogen-bond donors (Lipinski definition) is 5. The zero-order chi connectivity index (χ0) is 32.6. The van der Waals surface area contributed by atoms with Crippen LogP contribution in [0.1, 0.15) is 113 Å². The van der Waals surface area contributed by atoms with Gasteiger partial charge in [-0.25, -0.2) is 0 Å². The van der Waals surface area contributed by atoms with E-state index < -0.39 is 42.9 Å². The molecule has 4 saturated carbocycles. The number of ketones is 1. The molecule has 0 aromatic carbocycles. The van der Waals surface area contributed by atoms with Gasteiger partial charge in [0.15, 0.2) is 6.29 Å². The summed E-state index contributed by atoms with van der Waals surface area (Å²) in [6.45, 7) is 17.2. The molecule has 8 nitrogen and oxygen atoms in total. The molecule has 1 aliphatic heterocycles. The molecule has 0 radical (unpaired) electrons. The summed E-state index contributed by atoms with van der Waals surface area (Å²) in [7, 11) is 0. The molecule has 1 saturated heterocycles. The highest BCUT2D eigenvalue weighted by atomic mass is 16.7. The van der Waals surface area contributed by atoms with Crippen molar-refractivity contribution in [2.45, 2.75) is 156 Å². The summed E-state index contributed by atoms with van der Waals surface area (Å²) in [6.07, 6.45) is 2.44. The predicted octanol–water partition coefficient (Wildman–Crippen LogP) is 4.53. The molecule has 1 heterocycles. The van der Waals surface area contributed by atoms with Crippen LogP contribution in [0.15, 0.2) is 11.6 Å². The highest BCUT2D eigenvalue weighted by Crippen LogP contribution is 2.75. The molecule has 4 aliphatic carbocycles. The van der Waals surface area contributed by atoms with Crippen molar-refractivity contribution in [2.24, 2.45) is 45.3 Å². The first-order chi connectivity index (χ1) is 20.4. The lowest BCUT2D eigenvalue weighted by molar-refractivity contribution is -0.333. The number of carbonyl (C=O) groups is 1. The van der Waals surface area contributed by atoms with Gasteiger partial charge >= 0.3 is 0 Å². The lowest BCUT2D eigenvalue weighted by atomic mass is 9.35. The van der Waals surface area contributed by atoms with E-state index in [0.717, 1.165) is 44.9 Å². The number of rotatable bonds is 7. The normalized spacial score (nSPS) is 49.8. The monoisotopic (exact) mass is 620 g/mol. The van der Waals surface area contributed by atoms with Crippen LogP contribution in [0.2, 0.25) is 0 Å². The van der Waals surface area contributed by atoms with Gasteiger partial charge in [0.2, 0.25) is 0 Å². The van der Waals surface area contributed by atoms with Crippen molar-refractivity contribution in [2.75, 3.05) is 6.61 Å².